The first-order valence-electron chi connectivity index (χ1n) is 8.92. The third-order valence-electron chi connectivity index (χ3n) is 4.61. The van der Waals surface area contributed by atoms with Crippen molar-refractivity contribution in [3.63, 3.8) is 0 Å². The third-order valence-corrected chi connectivity index (χ3v) is 5.32. The van der Waals surface area contributed by atoms with E-state index in [1.807, 2.05) is 0 Å². The molecule has 2 rings (SSSR count). The molecule has 0 radical (unpaired) electrons. The maximum atomic E-state index is 11.5. The van der Waals surface area contributed by atoms with Crippen LogP contribution in [0.3, 0.4) is 0 Å². The van der Waals surface area contributed by atoms with E-state index in [1.54, 1.807) is 0 Å². The number of fused-ring (bicyclic) bond motifs is 1. The number of nitro groups is 1. The minimum Gasteiger partial charge on any atom is -0.320 e. The number of nitro benzene ring substituents is 1. The molecular weight excluding hydrogens is 386 g/mol. The highest BCUT2D eigenvalue weighted by Gasteiger charge is 2.28. The molecule has 0 saturated heterocycles. The highest BCUT2D eigenvalue weighted by Crippen LogP contribution is 2.39. The molecule has 1 heterocycles. The van der Waals surface area contributed by atoms with E-state index in [4.69, 9.17) is 0 Å². The normalized spacial score (nSPS) is 14.2. The van der Waals surface area contributed by atoms with Crippen LogP contribution in [0.15, 0.2) is 10.5 Å². The monoisotopic (exact) mass is 411 g/mol. The van der Waals surface area contributed by atoms with Crippen molar-refractivity contribution in [2.24, 2.45) is 0 Å². The van der Waals surface area contributed by atoms with Crippen molar-refractivity contribution in [1.29, 1.82) is 0 Å². The second-order valence-electron chi connectivity index (χ2n) is 6.59. The number of nitrogens with one attached hydrogen (secondary N) is 1. The number of carbonyl (C=O) groups is 1. The Morgan fingerprint density at radius 3 is 2.68 bits per heavy atom. The topological polar surface area (TPSA) is 75.5 Å². The molecule has 0 aromatic heterocycles. The van der Waals surface area contributed by atoms with E-state index in [0.29, 0.717) is 12.1 Å². The highest BCUT2D eigenvalue weighted by molar-refractivity contribution is 9.10. The molecule has 0 fully saturated rings. The molecule has 138 valence electrons. The Hall–Kier alpha value is -1.47. The summed E-state index contributed by atoms with van der Waals surface area (Å²) in [5, 5.41) is 14.0. The van der Waals surface area contributed by atoms with Gasteiger partial charge >= 0.3 is 0 Å². The summed E-state index contributed by atoms with van der Waals surface area (Å²) in [5.74, 6) is -0.286. The number of halogens is 1. The molecule has 25 heavy (non-hydrogen) atoms. The third kappa shape index (κ3) is 5.25. The summed E-state index contributed by atoms with van der Waals surface area (Å²) in [6.45, 7) is 6.26. The SMILES string of the molecule is CCCCCCCN1CCc2c(c(Br)cc([N+](=O)[O-])c2NC(C)=O)C1. The lowest BCUT2D eigenvalue weighted by Crippen LogP contribution is -2.32. The number of amides is 1. The van der Waals surface area contributed by atoms with Gasteiger partial charge in [-0.3, -0.25) is 19.8 Å². The zero-order valence-corrected chi connectivity index (χ0v) is 16.5. The van der Waals surface area contributed by atoms with E-state index >= 15 is 0 Å². The fourth-order valence-electron chi connectivity index (χ4n) is 3.34. The van der Waals surface area contributed by atoms with Gasteiger partial charge in [0.25, 0.3) is 5.69 Å². The predicted octanol–water partition coefficient (Wildman–Crippen LogP) is 4.64. The Morgan fingerprint density at radius 1 is 1.32 bits per heavy atom. The Kier molecular flexibility index (Phi) is 7.38. The van der Waals surface area contributed by atoms with Crippen molar-refractivity contribution >= 4 is 33.2 Å². The van der Waals surface area contributed by atoms with Crippen molar-refractivity contribution in [2.75, 3.05) is 18.4 Å². The van der Waals surface area contributed by atoms with Crippen LogP contribution in [0.1, 0.15) is 57.1 Å². The molecule has 0 spiro atoms. The van der Waals surface area contributed by atoms with Crippen molar-refractivity contribution in [3.8, 4) is 0 Å². The number of anilines is 1. The molecule has 0 bridgehead atoms. The Bertz CT molecular complexity index is 649. The van der Waals surface area contributed by atoms with Crippen LogP contribution in [0.4, 0.5) is 11.4 Å². The van der Waals surface area contributed by atoms with Gasteiger partial charge in [0.05, 0.1) is 4.92 Å². The maximum absolute atomic E-state index is 11.5. The fraction of sp³-hybridized carbons (Fsp3) is 0.611. The molecule has 1 aliphatic rings. The van der Waals surface area contributed by atoms with Crippen molar-refractivity contribution < 1.29 is 9.72 Å². The fourth-order valence-corrected chi connectivity index (χ4v) is 3.92. The molecule has 1 aliphatic heterocycles. The lowest BCUT2D eigenvalue weighted by atomic mass is 9.96. The molecule has 1 amide bonds. The number of benzene rings is 1. The summed E-state index contributed by atoms with van der Waals surface area (Å²) in [6.07, 6.45) is 6.95. The molecule has 7 heteroatoms. The summed E-state index contributed by atoms with van der Waals surface area (Å²) in [7, 11) is 0. The summed E-state index contributed by atoms with van der Waals surface area (Å²) in [4.78, 5) is 24.8. The van der Waals surface area contributed by atoms with Gasteiger partial charge in [-0.15, -0.1) is 0 Å². The number of hydrogen-bond donors (Lipinski definition) is 1. The van der Waals surface area contributed by atoms with Gasteiger partial charge < -0.3 is 5.32 Å². The Morgan fingerprint density at radius 2 is 2.04 bits per heavy atom. The molecule has 0 saturated carbocycles. The zero-order chi connectivity index (χ0) is 18.4. The first-order chi connectivity index (χ1) is 11.9. The maximum Gasteiger partial charge on any atom is 0.294 e. The van der Waals surface area contributed by atoms with Gasteiger partial charge in [0, 0.05) is 30.6 Å². The second-order valence-corrected chi connectivity index (χ2v) is 7.44. The van der Waals surface area contributed by atoms with Crippen molar-refractivity contribution in [1.82, 2.24) is 4.90 Å². The van der Waals surface area contributed by atoms with E-state index in [-0.39, 0.29) is 11.6 Å². The zero-order valence-electron chi connectivity index (χ0n) is 14.9. The average molecular weight is 412 g/mol. The van der Waals surface area contributed by atoms with Gasteiger partial charge in [-0.1, -0.05) is 48.5 Å². The van der Waals surface area contributed by atoms with Gasteiger partial charge in [-0.25, -0.2) is 0 Å². The molecule has 0 unspecified atom stereocenters. The summed E-state index contributed by atoms with van der Waals surface area (Å²) in [6, 6.07) is 1.51. The van der Waals surface area contributed by atoms with Crippen molar-refractivity contribution in [3.05, 3.63) is 31.8 Å². The quantitative estimate of drug-likeness (QED) is 0.383. The number of carbonyl (C=O) groups excluding carboxylic acids is 1. The second kappa shape index (κ2) is 9.29. The number of nitrogens with zero attached hydrogens (tertiary/aromatic N) is 2. The van der Waals surface area contributed by atoms with Crippen LogP contribution >= 0.6 is 15.9 Å². The van der Waals surface area contributed by atoms with Crippen LogP contribution < -0.4 is 5.32 Å². The van der Waals surface area contributed by atoms with Gasteiger partial charge in [0.1, 0.15) is 5.69 Å². The van der Waals surface area contributed by atoms with Crippen molar-refractivity contribution in [2.45, 2.75) is 58.9 Å². The molecule has 1 aromatic carbocycles. The molecule has 1 aromatic rings. The highest BCUT2D eigenvalue weighted by atomic mass is 79.9. The largest absolute Gasteiger partial charge is 0.320 e. The van der Waals surface area contributed by atoms with Crippen LogP contribution in [0.2, 0.25) is 0 Å². The van der Waals surface area contributed by atoms with E-state index in [1.165, 1.54) is 45.1 Å². The molecule has 6 nitrogen and oxygen atoms in total. The molecule has 1 N–H and O–H groups in total. The van der Waals surface area contributed by atoms with Crippen LogP contribution in [0, 0.1) is 10.1 Å². The Labute approximate surface area is 157 Å². The van der Waals surface area contributed by atoms with Crippen LogP contribution in [-0.4, -0.2) is 28.8 Å². The van der Waals surface area contributed by atoms with E-state index in [2.05, 4.69) is 33.1 Å². The number of unbranched alkanes of at least 4 members (excludes halogenated alkanes) is 4. The lowest BCUT2D eigenvalue weighted by molar-refractivity contribution is -0.384. The Balaban J connectivity index is 2.16. The molecular formula is C18H26BrN3O3. The van der Waals surface area contributed by atoms with Gasteiger partial charge in [0.15, 0.2) is 0 Å². The summed E-state index contributed by atoms with van der Waals surface area (Å²) >= 11 is 3.49. The van der Waals surface area contributed by atoms with E-state index < -0.39 is 4.92 Å². The first-order valence-corrected chi connectivity index (χ1v) is 9.72. The van der Waals surface area contributed by atoms with Gasteiger partial charge in [0.2, 0.25) is 5.91 Å². The minimum atomic E-state index is -0.434. The molecule has 0 atom stereocenters. The van der Waals surface area contributed by atoms with E-state index in [9.17, 15) is 14.9 Å². The van der Waals surface area contributed by atoms with Gasteiger partial charge in [-0.05, 0) is 30.5 Å². The summed E-state index contributed by atoms with van der Waals surface area (Å²) < 4.78 is 0.749. The molecule has 0 aliphatic carbocycles. The number of hydrogen-bond acceptors (Lipinski definition) is 4. The predicted molar refractivity (Wildman–Crippen MR) is 103 cm³/mol. The summed E-state index contributed by atoms with van der Waals surface area (Å²) in [5.41, 5.74) is 2.25. The average Bonchev–Trinajstić information content (AvgIpc) is 2.56. The van der Waals surface area contributed by atoms with Crippen LogP contribution in [-0.2, 0) is 17.8 Å². The van der Waals surface area contributed by atoms with Gasteiger partial charge in [-0.2, -0.15) is 0 Å². The first kappa shape index (κ1) is 19.8. The standard InChI is InChI=1S/C18H26BrN3O3/c1-3-4-5-6-7-9-21-10-8-14-15(12-21)16(19)11-17(22(24)25)18(14)20-13(2)23/h11H,3-10,12H2,1-2H3,(H,20,23). The van der Waals surface area contributed by atoms with Crippen LogP contribution in [0.25, 0.3) is 0 Å². The lowest BCUT2D eigenvalue weighted by Gasteiger charge is -2.30. The van der Waals surface area contributed by atoms with E-state index in [0.717, 1.165) is 35.2 Å². The van der Waals surface area contributed by atoms with Crippen LogP contribution in [0.5, 0.6) is 0 Å². The number of rotatable bonds is 8. The minimum absolute atomic E-state index is 0.0474. The smallest absolute Gasteiger partial charge is 0.294 e.